The molecule has 3 rings (SSSR count). The van der Waals surface area contributed by atoms with Gasteiger partial charge in [0.2, 0.25) is 0 Å². The lowest BCUT2D eigenvalue weighted by atomic mass is 9.76. The van der Waals surface area contributed by atoms with Gasteiger partial charge in [0, 0.05) is 12.0 Å². The van der Waals surface area contributed by atoms with Gasteiger partial charge in [0.1, 0.15) is 0 Å². The first-order valence-corrected chi connectivity index (χ1v) is 6.96. The van der Waals surface area contributed by atoms with Crippen LogP contribution in [0.2, 0.25) is 0 Å². The van der Waals surface area contributed by atoms with Gasteiger partial charge < -0.3 is 15.5 Å². The van der Waals surface area contributed by atoms with Crippen LogP contribution in [0.15, 0.2) is 42.5 Å². The monoisotopic (exact) mass is 269 g/mol. The molecular formula is C17H19NO2. The Morgan fingerprint density at radius 3 is 2.45 bits per heavy atom. The van der Waals surface area contributed by atoms with E-state index in [0.29, 0.717) is 6.04 Å². The van der Waals surface area contributed by atoms with E-state index in [1.807, 2.05) is 25.2 Å². The molecule has 0 heterocycles. The van der Waals surface area contributed by atoms with Crippen molar-refractivity contribution in [2.75, 3.05) is 7.05 Å². The molecule has 0 amide bonds. The summed E-state index contributed by atoms with van der Waals surface area (Å²) < 4.78 is 0. The van der Waals surface area contributed by atoms with Crippen molar-refractivity contribution < 1.29 is 10.2 Å². The van der Waals surface area contributed by atoms with Crippen LogP contribution in [0.4, 0.5) is 0 Å². The van der Waals surface area contributed by atoms with Crippen molar-refractivity contribution in [2.45, 2.75) is 24.8 Å². The van der Waals surface area contributed by atoms with E-state index in [0.717, 1.165) is 24.0 Å². The largest absolute Gasteiger partial charge is 0.504 e. The normalized spacial score (nSPS) is 21.4. The van der Waals surface area contributed by atoms with Crippen LogP contribution in [0.25, 0.3) is 0 Å². The fourth-order valence-corrected chi connectivity index (χ4v) is 3.12. The lowest BCUT2D eigenvalue weighted by Crippen LogP contribution is -2.33. The van der Waals surface area contributed by atoms with Gasteiger partial charge in [0.15, 0.2) is 11.5 Å². The maximum Gasteiger partial charge on any atom is 0.157 e. The zero-order valence-electron chi connectivity index (χ0n) is 11.5. The molecule has 3 nitrogen and oxygen atoms in total. The number of hydrogen-bond acceptors (Lipinski definition) is 3. The van der Waals surface area contributed by atoms with Gasteiger partial charge in [-0.25, -0.2) is 0 Å². The molecule has 0 fully saturated rings. The second kappa shape index (κ2) is 5.17. The molecule has 2 aromatic rings. The predicted molar refractivity (Wildman–Crippen MR) is 79.2 cm³/mol. The third-order valence-electron chi connectivity index (χ3n) is 4.21. The van der Waals surface area contributed by atoms with Crippen LogP contribution in [0.3, 0.4) is 0 Å². The van der Waals surface area contributed by atoms with Gasteiger partial charge in [-0.1, -0.05) is 30.3 Å². The third kappa shape index (κ3) is 2.25. The predicted octanol–water partition coefficient (Wildman–Crippen LogP) is 2.76. The average Bonchev–Trinajstić information content (AvgIpc) is 2.48. The van der Waals surface area contributed by atoms with Crippen LogP contribution in [0, 0.1) is 0 Å². The summed E-state index contributed by atoms with van der Waals surface area (Å²) >= 11 is 0. The summed E-state index contributed by atoms with van der Waals surface area (Å²) in [5.41, 5.74) is 3.48. The molecule has 2 aromatic carbocycles. The van der Waals surface area contributed by atoms with Crippen molar-refractivity contribution in [3.8, 4) is 11.5 Å². The average molecular weight is 269 g/mol. The van der Waals surface area contributed by atoms with E-state index in [1.165, 1.54) is 5.56 Å². The van der Waals surface area contributed by atoms with Crippen molar-refractivity contribution in [2.24, 2.45) is 0 Å². The highest BCUT2D eigenvalue weighted by atomic mass is 16.3. The minimum absolute atomic E-state index is 0.0346. The smallest absolute Gasteiger partial charge is 0.157 e. The second-order valence-corrected chi connectivity index (χ2v) is 5.43. The maximum atomic E-state index is 9.80. The summed E-state index contributed by atoms with van der Waals surface area (Å²) in [7, 11) is 1.97. The van der Waals surface area contributed by atoms with E-state index in [4.69, 9.17) is 0 Å². The van der Waals surface area contributed by atoms with Crippen LogP contribution < -0.4 is 5.32 Å². The van der Waals surface area contributed by atoms with Crippen molar-refractivity contribution in [3.63, 3.8) is 0 Å². The summed E-state index contributed by atoms with van der Waals surface area (Å²) in [4.78, 5) is 0. The zero-order chi connectivity index (χ0) is 14.1. The highest BCUT2D eigenvalue weighted by molar-refractivity contribution is 5.50. The second-order valence-electron chi connectivity index (χ2n) is 5.43. The van der Waals surface area contributed by atoms with Crippen molar-refractivity contribution in [1.82, 2.24) is 5.32 Å². The summed E-state index contributed by atoms with van der Waals surface area (Å²) in [6.45, 7) is 0. The number of fused-ring (bicyclic) bond motifs is 1. The van der Waals surface area contributed by atoms with Gasteiger partial charge in [0.25, 0.3) is 0 Å². The molecule has 20 heavy (non-hydrogen) atoms. The molecule has 0 aromatic heterocycles. The number of nitrogens with one attached hydrogen (secondary N) is 1. The molecule has 0 unspecified atom stereocenters. The van der Waals surface area contributed by atoms with E-state index < -0.39 is 0 Å². The standard InChI is InChI=1S/C17H19NO2/c1-18-13-7-12-8-16(19)17(20)10-15(12)14(9-13)11-5-3-2-4-6-11/h2-6,8,10,13-14,18-20H,7,9H2,1H3/t13-,14-/m1/s1. The number of aromatic hydroxyl groups is 2. The number of phenols is 2. The Morgan fingerprint density at radius 2 is 1.75 bits per heavy atom. The Hall–Kier alpha value is -2.00. The van der Waals surface area contributed by atoms with Gasteiger partial charge in [0.05, 0.1) is 0 Å². The molecule has 1 aliphatic rings. The van der Waals surface area contributed by atoms with Crippen LogP contribution in [0.1, 0.15) is 29.0 Å². The molecule has 104 valence electrons. The molecule has 1 aliphatic carbocycles. The number of hydrogen-bond donors (Lipinski definition) is 3. The van der Waals surface area contributed by atoms with Crippen molar-refractivity contribution >= 4 is 0 Å². The molecule has 0 bridgehead atoms. The molecule has 0 aliphatic heterocycles. The zero-order valence-corrected chi connectivity index (χ0v) is 11.5. The van der Waals surface area contributed by atoms with Crippen molar-refractivity contribution in [1.29, 1.82) is 0 Å². The Morgan fingerprint density at radius 1 is 1.05 bits per heavy atom. The number of benzene rings is 2. The van der Waals surface area contributed by atoms with Crippen LogP contribution in [0.5, 0.6) is 11.5 Å². The van der Waals surface area contributed by atoms with Crippen LogP contribution >= 0.6 is 0 Å². The van der Waals surface area contributed by atoms with Gasteiger partial charge in [-0.05, 0) is 48.7 Å². The Kier molecular flexibility index (Phi) is 3.36. The van der Waals surface area contributed by atoms with Crippen LogP contribution in [-0.4, -0.2) is 23.3 Å². The first-order valence-electron chi connectivity index (χ1n) is 6.96. The molecule has 0 radical (unpaired) electrons. The van der Waals surface area contributed by atoms with E-state index in [1.54, 1.807) is 12.1 Å². The molecule has 0 spiro atoms. The first kappa shape index (κ1) is 13.0. The summed E-state index contributed by atoms with van der Waals surface area (Å²) in [5.74, 6) is 0.184. The fourth-order valence-electron chi connectivity index (χ4n) is 3.12. The fraction of sp³-hybridized carbons (Fsp3) is 0.294. The van der Waals surface area contributed by atoms with Gasteiger partial charge in [-0.3, -0.25) is 0 Å². The lowest BCUT2D eigenvalue weighted by Gasteiger charge is -2.32. The Balaban J connectivity index is 2.10. The quantitative estimate of drug-likeness (QED) is 0.735. The molecule has 3 N–H and O–H groups in total. The Bertz CT molecular complexity index is 610. The van der Waals surface area contributed by atoms with E-state index >= 15 is 0 Å². The minimum Gasteiger partial charge on any atom is -0.504 e. The lowest BCUT2D eigenvalue weighted by molar-refractivity contribution is 0.397. The molecule has 3 heteroatoms. The molecular weight excluding hydrogens is 250 g/mol. The Labute approximate surface area is 118 Å². The van der Waals surface area contributed by atoms with E-state index in [-0.39, 0.29) is 17.4 Å². The summed E-state index contributed by atoms with van der Waals surface area (Å²) in [5, 5.41) is 22.9. The van der Waals surface area contributed by atoms with Gasteiger partial charge in [-0.2, -0.15) is 0 Å². The number of rotatable bonds is 2. The highest BCUT2D eigenvalue weighted by Gasteiger charge is 2.28. The molecule has 0 saturated heterocycles. The third-order valence-corrected chi connectivity index (χ3v) is 4.21. The van der Waals surface area contributed by atoms with E-state index in [9.17, 15) is 10.2 Å². The molecule has 0 saturated carbocycles. The van der Waals surface area contributed by atoms with Gasteiger partial charge in [-0.15, -0.1) is 0 Å². The summed E-state index contributed by atoms with van der Waals surface area (Å²) in [6.07, 6.45) is 1.88. The minimum atomic E-state index is -0.0349. The summed E-state index contributed by atoms with van der Waals surface area (Å²) in [6, 6.07) is 14.1. The first-order chi connectivity index (χ1) is 9.69. The molecule has 2 atom stereocenters. The number of likely N-dealkylation sites (N-methyl/N-ethyl adjacent to an activating group) is 1. The topological polar surface area (TPSA) is 52.5 Å². The van der Waals surface area contributed by atoms with Crippen molar-refractivity contribution in [3.05, 3.63) is 59.2 Å². The van der Waals surface area contributed by atoms with Crippen LogP contribution in [-0.2, 0) is 6.42 Å². The maximum absolute atomic E-state index is 9.80. The SMILES string of the molecule is CN[C@@H]1Cc2cc(O)c(O)cc2[C@@H](c2ccccc2)C1. The van der Waals surface area contributed by atoms with E-state index in [2.05, 4.69) is 17.4 Å². The van der Waals surface area contributed by atoms with Gasteiger partial charge >= 0.3 is 0 Å². The number of phenolic OH excluding ortho intramolecular Hbond substituents is 2. The highest BCUT2D eigenvalue weighted by Crippen LogP contribution is 2.41.